The molecule has 2 bridgehead atoms. The topological polar surface area (TPSA) is 191 Å². The van der Waals surface area contributed by atoms with Crippen molar-refractivity contribution in [2.45, 2.75) is 128 Å². The molecule has 0 aromatic heterocycles. The van der Waals surface area contributed by atoms with Crippen molar-refractivity contribution in [2.75, 3.05) is 6.61 Å². The van der Waals surface area contributed by atoms with Crippen molar-refractivity contribution in [1.82, 2.24) is 0 Å². The number of ether oxygens (including phenoxy) is 7. The SMILES string of the molecule is CCC(=O)OC1C(OC(C)=O)C(O)(C2(C)CO2)C2CC(=O)OC2(C)C2CCC3C(OC(C)=O)C12C(OC(C)=O)C3(C)OC(C)=O. The highest BCUT2D eigenvalue weighted by molar-refractivity contribution is 5.75. The zero-order chi connectivity index (χ0) is 33.5. The highest BCUT2D eigenvalue weighted by atomic mass is 16.6. The Labute approximate surface area is 260 Å². The summed E-state index contributed by atoms with van der Waals surface area (Å²) in [5.74, 6) is -7.44. The third-order valence-corrected chi connectivity index (χ3v) is 11.0. The van der Waals surface area contributed by atoms with Crippen molar-refractivity contribution in [3.8, 4) is 0 Å². The molecule has 0 radical (unpaired) electrons. The monoisotopic (exact) mass is 638 g/mol. The van der Waals surface area contributed by atoms with Gasteiger partial charge in [-0.15, -0.1) is 0 Å². The molecule has 45 heavy (non-hydrogen) atoms. The molecule has 3 saturated carbocycles. The quantitative estimate of drug-likeness (QED) is 0.238. The van der Waals surface area contributed by atoms with Crippen LogP contribution in [0.15, 0.2) is 0 Å². The van der Waals surface area contributed by atoms with Gasteiger partial charge in [0.15, 0.2) is 23.9 Å². The van der Waals surface area contributed by atoms with E-state index in [0.717, 1.165) is 13.8 Å². The summed E-state index contributed by atoms with van der Waals surface area (Å²) in [6.45, 7) is 10.9. The third-order valence-electron chi connectivity index (χ3n) is 11.0. The second kappa shape index (κ2) is 10.6. The van der Waals surface area contributed by atoms with E-state index in [1.54, 1.807) is 27.7 Å². The molecule has 2 saturated heterocycles. The van der Waals surface area contributed by atoms with Gasteiger partial charge in [-0.25, -0.2) is 0 Å². The van der Waals surface area contributed by atoms with Crippen LogP contribution < -0.4 is 0 Å². The second-order valence-electron chi connectivity index (χ2n) is 13.6. The van der Waals surface area contributed by atoms with Crippen LogP contribution in [-0.2, 0) is 61.9 Å². The molecule has 1 N–H and O–H groups in total. The number of epoxide rings is 1. The molecule has 5 fully saturated rings. The van der Waals surface area contributed by atoms with Gasteiger partial charge in [0.2, 0.25) is 0 Å². The molecule has 2 aliphatic heterocycles. The van der Waals surface area contributed by atoms with Crippen LogP contribution in [0.3, 0.4) is 0 Å². The van der Waals surface area contributed by atoms with Gasteiger partial charge in [0, 0.05) is 51.9 Å². The first-order valence-electron chi connectivity index (χ1n) is 15.3. The van der Waals surface area contributed by atoms with Gasteiger partial charge in [0.25, 0.3) is 0 Å². The maximum atomic E-state index is 13.4. The van der Waals surface area contributed by atoms with Crippen LogP contribution in [0.4, 0.5) is 0 Å². The van der Waals surface area contributed by atoms with E-state index < -0.39 is 106 Å². The molecule has 12 unspecified atom stereocenters. The molecule has 2 heterocycles. The van der Waals surface area contributed by atoms with E-state index in [4.69, 9.17) is 33.2 Å². The van der Waals surface area contributed by atoms with E-state index >= 15 is 0 Å². The predicted octanol–water partition coefficient (Wildman–Crippen LogP) is 1.31. The normalized spacial score (nSPS) is 46.0. The van der Waals surface area contributed by atoms with E-state index in [9.17, 15) is 33.9 Å². The summed E-state index contributed by atoms with van der Waals surface area (Å²) in [5, 5.41) is 13.0. The molecule has 12 atom stereocenters. The van der Waals surface area contributed by atoms with Crippen molar-refractivity contribution in [3.05, 3.63) is 0 Å². The average Bonchev–Trinajstić information content (AvgIpc) is 3.59. The molecule has 5 aliphatic rings. The molecular formula is C31H42O14. The Hall–Kier alpha value is -3.26. The molecule has 0 aromatic carbocycles. The Balaban J connectivity index is 1.95. The largest absolute Gasteiger partial charge is 0.461 e. The van der Waals surface area contributed by atoms with Crippen LogP contribution in [0.5, 0.6) is 0 Å². The van der Waals surface area contributed by atoms with E-state index in [2.05, 4.69) is 0 Å². The first-order chi connectivity index (χ1) is 20.8. The summed E-state index contributed by atoms with van der Waals surface area (Å²) >= 11 is 0. The molecule has 250 valence electrons. The molecule has 14 heteroatoms. The van der Waals surface area contributed by atoms with Crippen LogP contribution in [0.25, 0.3) is 0 Å². The third kappa shape index (κ3) is 4.56. The minimum atomic E-state index is -2.22. The van der Waals surface area contributed by atoms with Gasteiger partial charge in [0.1, 0.15) is 22.9 Å². The smallest absolute Gasteiger partial charge is 0.306 e. The van der Waals surface area contributed by atoms with Gasteiger partial charge in [-0.05, 0) is 33.6 Å². The highest BCUT2D eigenvalue weighted by Gasteiger charge is 2.88. The van der Waals surface area contributed by atoms with Crippen molar-refractivity contribution in [1.29, 1.82) is 0 Å². The Morgan fingerprint density at radius 2 is 1.40 bits per heavy atom. The van der Waals surface area contributed by atoms with Gasteiger partial charge >= 0.3 is 35.8 Å². The van der Waals surface area contributed by atoms with Crippen molar-refractivity contribution in [2.24, 2.45) is 23.2 Å². The molecule has 14 nitrogen and oxygen atoms in total. The number of fused-ring (bicyclic) bond motifs is 3. The lowest BCUT2D eigenvalue weighted by Crippen LogP contribution is -2.69. The average molecular weight is 639 g/mol. The minimum absolute atomic E-state index is 0.00266. The van der Waals surface area contributed by atoms with Gasteiger partial charge in [-0.3, -0.25) is 28.8 Å². The minimum Gasteiger partial charge on any atom is -0.461 e. The number of hydrogen-bond acceptors (Lipinski definition) is 14. The molecule has 5 rings (SSSR count). The Kier molecular flexibility index (Phi) is 7.83. The van der Waals surface area contributed by atoms with Crippen molar-refractivity contribution >= 4 is 35.8 Å². The van der Waals surface area contributed by atoms with Gasteiger partial charge in [-0.2, -0.15) is 0 Å². The second-order valence-corrected chi connectivity index (χ2v) is 13.6. The van der Waals surface area contributed by atoms with Crippen molar-refractivity contribution < 1.29 is 67.0 Å². The van der Waals surface area contributed by atoms with Crippen LogP contribution in [0, 0.1) is 23.2 Å². The number of carbonyl (C=O) groups excluding carboxylic acids is 6. The van der Waals surface area contributed by atoms with Gasteiger partial charge in [-0.1, -0.05) is 6.92 Å². The first kappa shape index (κ1) is 33.1. The summed E-state index contributed by atoms with van der Waals surface area (Å²) in [5.41, 5.74) is -8.79. The van der Waals surface area contributed by atoms with Crippen LogP contribution in [0.1, 0.15) is 81.1 Å². The van der Waals surface area contributed by atoms with Crippen molar-refractivity contribution in [3.63, 3.8) is 0 Å². The number of carbonyl (C=O) groups is 6. The Morgan fingerprint density at radius 3 is 1.91 bits per heavy atom. The summed E-state index contributed by atoms with van der Waals surface area (Å²) in [7, 11) is 0. The zero-order valence-corrected chi connectivity index (χ0v) is 26.8. The fourth-order valence-corrected chi connectivity index (χ4v) is 9.44. The Bertz CT molecular complexity index is 1320. The number of hydrogen-bond donors (Lipinski definition) is 1. The van der Waals surface area contributed by atoms with E-state index in [1.165, 1.54) is 13.8 Å². The molecule has 0 aromatic rings. The van der Waals surface area contributed by atoms with Gasteiger partial charge in [0.05, 0.1) is 18.4 Å². The Morgan fingerprint density at radius 1 is 0.822 bits per heavy atom. The number of rotatable bonds is 7. The fourth-order valence-electron chi connectivity index (χ4n) is 9.44. The summed E-state index contributed by atoms with van der Waals surface area (Å²) < 4.78 is 42.2. The summed E-state index contributed by atoms with van der Waals surface area (Å²) in [6.07, 6.45) is -6.27. The summed E-state index contributed by atoms with van der Waals surface area (Å²) in [6, 6.07) is 0. The maximum absolute atomic E-state index is 13.4. The molecule has 3 aliphatic carbocycles. The lowest BCUT2D eigenvalue weighted by Gasteiger charge is -2.54. The standard InChI is InChI=1S/C31H42O14/c1-9-21(36)43-24-25(41-15(3)33)31(38,27(6)13-39-27)20-12-22(37)45-29(20,8)19-11-10-18-23(40-14(2)32)30(19,24)26(42-16(4)34)28(18,7)44-17(5)35/h18-20,23-26,38H,9-13H2,1-8H3. The van der Waals surface area contributed by atoms with Crippen LogP contribution in [-0.4, -0.2) is 94.3 Å². The molecule has 1 spiro atoms. The maximum Gasteiger partial charge on any atom is 0.306 e. The van der Waals surface area contributed by atoms with Crippen LogP contribution >= 0.6 is 0 Å². The van der Waals surface area contributed by atoms with E-state index in [-0.39, 0.29) is 32.3 Å². The highest BCUT2D eigenvalue weighted by Crippen LogP contribution is 2.72. The van der Waals surface area contributed by atoms with E-state index in [0.29, 0.717) is 0 Å². The van der Waals surface area contributed by atoms with E-state index in [1.807, 2.05) is 0 Å². The first-order valence-corrected chi connectivity index (χ1v) is 15.3. The predicted molar refractivity (Wildman–Crippen MR) is 148 cm³/mol. The number of aliphatic hydroxyl groups is 1. The number of esters is 6. The van der Waals surface area contributed by atoms with Crippen LogP contribution in [0.2, 0.25) is 0 Å². The lowest BCUT2D eigenvalue weighted by molar-refractivity contribution is -0.254. The molecule has 0 amide bonds. The molecular weight excluding hydrogens is 596 g/mol. The summed E-state index contributed by atoms with van der Waals surface area (Å²) in [4.78, 5) is 78.0. The van der Waals surface area contributed by atoms with Gasteiger partial charge < -0.3 is 38.3 Å². The lowest BCUT2D eigenvalue weighted by atomic mass is 9.56. The fraction of sp³-hybridized carbons (Fsp3) is 0.806. The zero-order valence-electron chi connectivity index (χ0n) is 26.8.